The van der Waals surface area contributed by atoms with E-state index in [9.17, 15) is 0 Å². The predicted octanol–water partition coefficient (Wildman–Crippen LogP) is 0.986. The number of nitrogens with two attached hydrogens (primary N) is 1. The molecule has 2 heteroatoms. The highest BCUT2D eigenvalue weighted by Gasteiger charge is 2.16. The van der Waals surface area contributed by atoms with Gasteiger partial charge >= 0.3 is 0 Å². The van der Waals surface area contributed by atoms with Crippen molar-refractivity contribution in [2.75, 3.05) is 19.6 Å². The first-order chi connectivity index (χ1) is 5.18. The molecule has 2 nitrogen and oxygen atoms in total. The van der Waals surface area contributed by atoms with E-state index in [1.54, 1.807) is 0 Å². The van der Waals surface area contributed by atoms with Gasteiger partial charge < -0.3 is 10.6 Å². The van der Waals surface area contributed by atoms with Crippen molar-refractivity contribution >= 4 is 0 Å². The van der Waals surface area contributed by atoms with Crippen molar-refractivity contribution in [1.82, 2.24) is 4.90 Å². The maximum absolute atomic E-state index is 5.88. The lowest BCUT2D eigenvalue weighted by Crippen LogP contribution is -2.44. The molecule has 0 aliphatic carbocycles. The Morgan fingerprint density at radius 1 is 1.64 bits per heavy atom. The summed E-state index contributed by atoms with van der Waals surface area (Å²) in [5, 5.41) is 0. The van der Waals surface area contributed by atoms with E-state index in [1.807, 2.05) is 6.92 Å². The van der Waals surface area contributed by atoms with Crippen molar-refractivity contribution in [2.24, 2.45) is 5.73 Å². The van der Waals surface area contributed by atoms with Crippen LogP contribution in [-0.4, -0.2) is 30.6 Å². The number of rotatable bonds is 4. The van der Waals surface area contributed by atoms with Gasteiger partial charge in [-0.3, -0.25) is 0 Å². The number of hydrogen-bond acceptors (Lipinski definition) is 2. The second-order valence-electron chi connectivity index (χ2n) is 3.58. The Morgan fingerprint density at radius 2 is 2.27 bits per heavy atom. The van der Waals surface area contributed by atoms with Crippen LogP contribution < -0.4 is 5.73 Å². The summed E-state index contributed by atoms with van der Waals surface area (Å²) in [4.78, 5) is 2.40. The van der Waals surface area contributed by atoms with Gasteiger partial charge in [0.2, 0.25) is 0 Å². The standard InChI is InChI=1S/C9H18N2/c1-8(2)6-9(10)7-11-4-3-5-11/h9H,1,3-7,10H2,2H3. The average molecular weight is 154 g/mol. The third-order valence-corrected chi connectivity index (χ3v) is 2.05. The van der Waals surface area contributed by atoms with Crippen LogP contribution in [0.15, 0.2) is 12.2 Å². The lowest BCUT2D eigenvalue weighted by Gasteiger charge is -2.32. The smallest absolute Gasteiger partial charge is 0.0205 e. The zero-order valence-electron chi connectivity index (χ0n) is 7.34. The van der Waals surface area contributed by atoms with Gasteiger partial charge in [-0.2, -0.15) is 0 Å². The molecular weight excluding hydrogens is 136 g/mol. The summed E-state index contributed by atoms with van der Waals surface area (Å²) >= 11 is 0. The molecule has 1 aliphatic rings. The lowest BCUT2D eigenvalue weighted by molar-refractivity contribution is 0.170. The minimum Gasteiger partial charge on any atom is -0.326 e. The Morgan fingerprint density at radius 3 is 2.64 bits per heavy atom. The molecule has 11 heavy (non-hydrogen) atoms. The van der Waals surface area contributed by atoms with Gasteiger partial charge in [-0.05, 0) is 32.9 Å². The number of nitrogens with zero attached hydrogens (tertiary/aromatic N) is 1. The molecule has 1 atom stereocenters. The molecular formula is C9H18N2. The summed E-state index contributed by atoms with van der Waals surface area (Å²) in [6.07, 6.45) is 2.32. The average Bonchev–Trinajstić information content (AvgIpc) is 1.77. The molecule has 1 unspecified atom stereocenters. The highest BCUT2D eigenvalue weighted by Crippen LogP contribution is 2.08. The van der Waals surface area contributed by atoms with E-state index in [0.29, 0.717) is 6.04 Å². The topological polar surface area (TPSA) is 29.3 Å². The van der Waals surface area contributed by atoms with Crippen molar-refractivity contribution in [3.05, 3.63) is 12.2 Å². The summed E-state index contributed by atoms with van der Waals surface area (Å²) in [5.41, 5.74) is 7.08. The van der Waals surface area contributed by atoms with E-state index in [-0.39, 0.29) is 0 Å². The SMILES string of the molecule is C=C(C)CC(N)CN1CCC1. The van der Waals surface area contributed by atoms with Gasteiger partial charge in [-0.15, -0.1) is 6.58 Å². The molecule has 0 bridgehead atoms. The Hall–Kier alpha value is -0.340. The highest BCUT2D eigenvalue weighted by molar-refractivity contribution is 4.93. The van der Waals surface area contributed by atoms with Gasteiger partial charge in [-0.25, -0.2) is 0 Å². The molecule has 0 radical (unpaired) electrons. The fourth-order valence-electron chi connectivity index (χ4n) is 1.41. The van der Waals surface area contributed by atoms with Gasteiger partial charge in [0.1, 0.15) is 0 Å². The third-order valence-electron chi connectivity index (χ3n) is 2.05. The molecule has 64 valence electrons. The second kappa shape index (κ2) is 3.88. The highest BCUT2D eigenvalue weighted by atomic mass is 15.2. The summed E-state index contributed by atoms with van der Waals surface area (Å²) in [7, 11) is 0. The maximum Gasteiger partial charge on any atom is 0.0205 e. The monoisotopic (exact) mass is 154 g/mol. The second-order valence-corrected chi connectivity index (χ2v) is 3.58. The maximum atomic E-state index is 5.88. The van der Waals surface area contributed by atoms with Crippen LogP contribution >= 0.6 is 0 Å². The van der Waals surface area contributed by atoms with E-state index in [0.717, 1.165) is 13.0 Å². The zero-order valence-corrected chi connectivity index (χ0v) is 7.34. The molecule has 1 rings (SSSR count). The molecule has 1 aliphatic heterocycles. The van der Waals surface area contributed by atoms with Gasteiger partial charge in [0.25, 0.3) is 0 Å². The van der Waals surface area contributed by atoms with E-state index in [2.05, 4.69) is 11.5 Å². The van der Waals surface area contributed by atoms with E-state index in [4.69, 9.17) is 5.73 Å². The predicted molar refractivity (Wildman–Crippen MR) is 48.5 cm³/mol. The summed E-state index contributed by atoms with van der Waals surface area (Å²) in [5.74, 6) is 0. The van der Waals surface area contributed by atoms with E-state index >= 15 is 0 Å². The quantitative estimate of drug-likeness (QED) is 0.612. The third kappa shape index (κ3) is 3.04. The molecule has 2 N–H and O–H groups in total. The molecule has 1 saturated heterocycles. The number of hydrogen-bond donors (Lipinski definition) is 1. The Balaban J connectivity index is 2.09. The number of likely N-dealkylation sites (tertiary alicyclic amines) is 1. The van der Waals surface area contributed by atoms with Crippen LogP contribution in [0.1, 0.15) is 19.8 Å². The van der Waals surface area contributed by atoms with Crippen LogP contribution in [0.4, 0.5) is 0 Å². The molecule has 0 amide bonds. The molecule has 0 aromatic carbocycles. The minimum atomic E-state index is 0.299. The summed E-state index contributed by atoms with van der Waals surface area (Å²) < 4.78 is 0. The molecule has 0 aromatic heterocycles. The molecule has 1 fully saturated rings. The molecule has 0 saturated carbocycles. The van der Waals surface area contributed by atoms with Crippen molar-refractivity contribution < 1.29 is 0 Å². The zero-order chi connectivity index (χ0) is 8.27. The Bertz CT molecular complexity index is 138. The van der Waals surface area contributed by atoms with Gasteiger partial charge in [0.05, 0.1) is 0 Å². The van der Waals surface area contributed by atoms with Crippen LogP contribution in [0.5, 0.6) is 0 Å². The molecule has 0 aromatic rings. The summed E-state index contributed by atoms with van der Waals surface area (Å²) in [6, 6.07) is 0.299. The Labute approximate surface area is 69.1 Å². The Kier molecular flexibility index (Phi) is 3.09. The van der Waals surface area contributed by atoms with Crippen molar-refractivity contribution in [3.8, 4) is 0 Å². The van der Waals surface area contributed by atoms with Crippen molar-refractivity contribution in [1.29, 1.82) is 0 Å². The van der Waals surface area contributed by atoms with Crippen molar-refractivity contribution in [2.45, 2.75) is 25.8 Å². The first-order valence-electron chi connectivity index (χ1n) is 4.31. The first-order valence-corrected chi connectivity index (χ1v) is 4.31. The fraction of sp³-hybridized carbons (Fsp3) is 0.778. The van der Waals surface area contributed by atoms with Crippen LogP contribution in [-0.2, 0) is 0 Å². The van der Waals surface area contributed by atoms with Gasteiger partial charge in [0.15, 0.2) is 0 Å². The molecule has 0 spiro atoms. The first kappa shape index (κ1) is 8.75. The van der Waals surface area contributed by atoms with Crippen molar-refractivity contribution in [3.63, 3.8) is 0 Å². The van der Waals surface area contributed by atoms with Crippen LogP contribution in [0.3, 0.4) is 0 Å². The largest absolute Gasteiger partial charge is 0.326 e. The van der Waals surface area contributed by atoms with Crippen LogP contribution in [0, 0.1) is 0 Å². The van der Waals surface area contributed by atoms with E-state index < -0.39 is 0 Å². The van der Waals surface area contributed by atoms with Crippen LogP contribution in [0.25, 0.3) is 0 Å². The minimum absolute atomic E-state index is 0.299. The summed E-state index contributed by atoms with van der Waals surface area (Å²) in [6.45, 7) is 9.41. The van der Waals surface area contributed by atoms with Crippen LogP contribution in [0.2, 0.25) is 0 Å². The van der Waals surface area contributed by atoms with E-state index in [1.165, 1.54) is 25.1 Å². The molecule has 1 heterocycles. The van der Waals surface area contributed by atoms with Gasteiger partial charge in [-0.1, -0.05) is 5.57 Å². The fourth-order valence-corrected chi connectivity index (χ4v) is 1.41. The lowest BCUT2D eigenvalue weighted by atomic mass is 10.1. The normalized spacial score (nSPS) is 20.9. The van der Waals surface area contributed by atoms with Gasteiger partial charge in [0, 0.05) is 12.6 Å².